The SMILES string of the molecule is Cc1ccc(OCCNc2ccc(Br)cc2)c(C)c1. The van der Waals surface area contributed by atoms with E-state index in [-0.39, 0.29) is 0 Å². The zero-order valence-corrected chi connectivity index (χ0v) is 12.8. The van der Waals surface area contributed by atoms with Gasteiger partial charge in [0.2, 0.25) is 0 Å². The first-order chi connectivity index (χ1) is 9.15. The summed E-state index contributed by atoms with van der Waals surface area (Å²) in [6.45, 7) is 5.60. The molecule has 0 spiro atoms. The van der Waals surface area contributed by atoms with Crippen LogP contribution in [-0.2, 0) is 0 Å². The number of hydrogen-bond acceptors (Lipinski definition) is 2. The van der Waals surface area contributed by atoms with Crippen LogP contribution in [0, 0.1) is 13.8 Å². The minimum atomic E-state index is 0.653. The van der Waals surface area contributed by atoms with Crippen LogP contribution in [0.5, 0.6) is 5.75 Å². The van der Waals surface area contributed by atoms with Gasteiger partial charge >= 0.3 is 0 Å². The third-order valence-electron chi connectivity index (χ3n) is 2.86. The van der Waals surface area contributed by atoms with Gasteiger partial charge in [0.1, 0.15) is 12.4 Å². The molecule has 2 rings (SSSR count). The fourth-order valence-corrected chi connectivity index (χ4v) is 2.15. The molecule has 0 bridgehead atoms. The lowest BCUT2D eigenvalue weighted by Gasteiger charge is -2.11. The van der Waals surface area contributed by atoms with Gasteiger partial charge in [0, 0.05) is 16.7 Å². The van der Waals surface area contributed by atoms with Gasteiger partial charge in [0.25, 0.3) is 0 Å². The number of nitrogens with one attached hydrogen (secondary N) is 1. The maximum Gasteiger partial charge on any atom is 0.122 e. The molecule has 2 aromatic rings. The predicted molar refractivity (Wildman–Crippen MR) is 84.0 cm³/mol. The number of ether oxygens (including phenoxy) is 1. The quantitative estimate of drug-likeness (QED) is 0.816. The Kier molecular flexibility index (Phi) is 4.86. The topological polar surface area (TPSA) is 21.3 Å². The van der Waals surface area contributed by atoms with Crippen molar-refractivity contribution in [3.63, 3.8) is 0 Å². The van der Waals surface area contributed by atoms with E-state index in [1.165, 1.54) is 11.1 Å². The number of benzene rings is 2. The Morgan fingerprint density at radius 2 is 1.79 bits per heavy atom. The Bertz CT molecular complexity index is 537. The van der Waals surface area contributed by atoms with Crippen molar-refractivity contribution >= 4 is 21.6 Å². The van der Waals surface area contributed by atoms with Gasteiger partial charge < -0.3 is 10.1 Å². The zero-order chi connectivity index (χ0) is 13.7. The largest absolute Gasteiger partial charge is 0.491 e. The molecule has 0 amide bonds. The highest BCUT2D eigenvalue weighted by atomic mass is 79.9. The van der Waals surface area contributed by atoms with E-state index in [1.54, 1.807) is 0 Å². The van der Waals surface area contributed by atoms with E-state index in [0.717, 1.165) is 22.5 Å². The molecule has 100 valence electrons. The van der Waals surface area contributed by atoms with Gasteiger partial charge in [-0.1, -0.05) is 33.6 Å². The molecule has 0 aliphatic carbocycles. The van der Waals surface area contributed by atoms with Crippen molar-refractivity contribution in [2.45, 2.75) is 13.8 Å². The summed E-state index contributed by atoms with van der Waals surface area (Å²) in [5, 5.41) is 3.33. The van der Waals surface area contributed by atoms with Gasteiger partial charge in [0.05, 0.1) is 0 Å². The smallest absolute Gasteiger partial charge is 0.122 e. The molecule has 3 heteroatoms. The number of rotatable bonds is 5. The van der Waals surface area contributed by atoms with E-state index < -0.39 is 0 Å². The molecule has 0 saturated heterocycles. The van der Waals surface area contributed by atoms with Crippen molar-refractivity contribution in [2.75, 3.05) is 18.5 Å². The summed E-state index contributed by atoms with van der Waals surface area (Å²) < 4.78 is 6.85. The van der Waals surface area contributed by atoms with E-state index in [9.17, 15) is 0 Å². The molecule has 0 radical (unpaired) electrons. The third kappa shape index (κ3) is 4.28. The summed E-state index contributed by atoms with van der Waals surface area (Å²) in [6, 6.07) is 14.4. The van der Waals surface area contributed by atoms with Gasteiger partial charge in [-0.05, 0) is 49.7 Å². The van der Waals surface area contributed by atoms with E-state index >= 15 is 0 Å². The van der Waals surface area contributed by atoms with Crippen LogP contribution >= 0.6 is 15.9 Å². The van der Waals surface area contributed by atoms with Crippen LogP contribution in [0.15, 0.2) is 46.9 Å². The monoisotopic (exact) mass is 319 g/mol. The molecule has 2 aromatic carbocycles. The molecule has 0 atom stereocenters. The average molecular weight is 320 g/mol. The second kappa shape index (κ2) is 6.62. The van der Waals surface area contributed by atoms with Crippen LogP contribution < -0.4 is 10.1 Å². The van der Waals surface area contributed by atoms with Crippen LogP contribution in [-0.4, -0.2) is 13.2 Å². The van der Waals surface area contributed by atoms with Crippen molar-refractivity contribution in [3.8, 4) is 5.75 Å². The molecule has 0 fully saturated rings. The second-order valence-corrected chi connectivity index (χ2v) is 5.47. The molecule has 0 heterocycles. The fourth-order valence-electron chi connectivity index (χ4n) is 1.89. The molecule has 0 unspecified atom stereocenters. The maximum atomic E-state index is 5.77. The lowest BCUT2D eigenvalue weighted by Crippen LogP contribution is -2.11. The van der Waals surface area contributed by atoms with Crippen LogP contribution in [0.25, 0.3) is 0 Å². The summed E-state index contributed by atoms with van der Waals surface area (Å²) in [4.78, 5) is 0. The zero-order valence-electron chi connectivity index (χ0n) is 11.2. The molecule has 0 aromatic heterocycles. The van der Waals surface area contributed by atoms with Crippen molar-refractivity contribution < 1.29 is 4.74 Å². The van der Waals surface area contributed by atoms with Gasteiger partial charge in [0.15, 0.2) is 0 Å². The molecular weight excluding hydrogens is 302 g/mol. The molecule has 0 aliphatic heterocycles. The Hall–Kier alpha value is -1.48. The molecule has 0 aliphatic rings. The molecule has 0 saturated carbocycles. The summed E-state index contributed by atoms with van der Waals surface area (Å²) >= 11 is 3.42. The first-order valence-corrected chi connectivity index (χ1v) is 7.14. The van der Waals surface area contributed by atoms with Crippen molar-refractivity contribution in [1.82, 2.24) is 0 Å². The van der Waals surface area contributed by atoms with Crippen molar-refractivity contribution in [3.05, 3.63) is 58.1 Å². The minimum Gasteiger partial charge on any atom is -0.491 e. The fraction of sp³-hybridized carbons (Fsp3) is 0.250. The molecular formula is C16H18BrNO. The summed E-state index contributed by atoms with van der Waals surface area (Å²) in [5.74, 6) is 0.961. The number of anilines is 1. The van der Waals surface area contributed by atoms with Gasteiger partial charge in [-0.25, -0.2) is 0 Å². The highest BCUT2D eigenvalue weighted by Crippen LogP contribution is 2.18. The van der Waals surface area contributed by atoms with Crippen molar-refractivity contribution in [2.24, 2.45) is 0 Å². The second-order valence-electron chi connectivity index (χ2n) is 4.55. The summed E-state index contributed by atoms with van der Waals surface area (Å²) in [6.07, 6.45) is 0. The lowest BCUT2D eigenvalue weighted by molar-refractivity contribution is 0.330. The maximum absolute atomic E-state index is 5.77. The van der Waals surface area contributed by atoms with Crippen LogP contribution in [0.4, 0.5) is 5.69 Å². The van der Waals surface area contributed by atoms with Crippen LogP contribution in [0.3, 0.4) is 0 Å². The van der Waals surface area contributed by atoms with E-state index in [1.807, 2.05) is 30.3 Å². The standard InChI is InChI=1S/C16H18BrNO/c1-12-3-8-16(13(2)11-12)19-10-9-18-15-6-4-14(17)5-7-15/h3-8,11,18H,9-10H2,1-2H3. The van der Waals surface area contributed by atoms with Gasteiger partial charge in [-0.3, -0.25) is 0 Å². The lowest BCUT2D eigenvalue weighted by atomic mass is 10.1. The normalized spacial score (nSPS) is 10.3. The first kappa shape index (κ1) is 13.9. The highest BCUT2D eigenvalue weighted by Gasteiger charge is 1.99. The van der Waals surface area contributed by atoms with Crippen molar-refractivity contribution in [1.29, 1.82) is 0 Å². The van der Waals surface area contributed by atoms with Gasteiger partial charge in [-0.2, -0.15) is 0 Å². The molecule has 19 heavy (non-hydrogen) atoms. The Morgan fingerprint density at radius 1 is 1.05 bits per heavy atom. The predicted octanol–water partition coefficient (Wildman–Crippen LogP) is 4.56. The minimum absolute atomic E-state index is 0.653. The number of aryl methyl sites for hydroxylation is 2. The first-order valence-electron chi connectivity index (χ1n) is 6.34. The van der Waals surface area contributed by atoms with Crippen LogP contribution in [0.1, 0.15) is 11.1 Å². The van der Waals surface area contributed by atoms with Gasteiger partial charge in [-0.15, -0.1) is 0 Å². The summed E-state index contributed by atoms with van der Waals surface area (Å²) in [7, 11) is 0. The third-order valence-corrected chi connectivity index (χ3v) is 3.39. The van der Waals surface area contributed by atoms with E-state index in [0.29, 0.717) is 6.61 Å². The Morgan fingerprint density at radius 3 is 2.47 bits per heavy atom. The van der Waals surface area contributed by atoms with Crippen LogP contribution in [0.2, 0.25) is 0 Å². The van der Waals surface area contributed by atoms with E-state index in [2.05, 4.69) is 47.2 Å². The molecule has 2 nitrogen and oxygen atoms in total. The average Bonchev–Trinajstić information content (AvgIpc) is 2.39. The highest BCUT2D eigenvalue weighted by molar-refractivity contribution is 9.10. The van der Waals surface area contributed by atoms with E-state index in [4.69, 9.17) is 4.74 Å². The number of hydrogen-bond donors (Lipinski definition) is 1. The summed E-state index contributed by atoms with van der Waals surface area (Å²) in [5.41, 5.74) is 3.55. The Labute approximate surface area is 122 Å². The Balaban J connectivity index is 1.79. The number of halogens is 1. The molecule has 1 N–H and O–H groups in total.